The zero-order valence-electron chi connectivity index (χ0n) is 10.7. The van der Waals surface area contributed by atoms with Crippen LogP contribution in [0.5, 0.6) is 0 Å². The smallest absolute Gasteiger partial charge is 0.239 e. The lowest BCUT2D eigenvalue weighted by Crippen LogP contribution is -2.51. The molecule has 1 saturated heterocycles. The first-order valence-corrected chi connectivity index (χ1v) is 6.31. The third kappa shape index (κ3) is 3.43. The molecule has 4 N–H and O–H groups in total. The SMILES string of the molecule is CCC(C)C(N)C(=O)N1CCCC(C(N)=O)C1. The maximum Gasteiger partial charge on any atom is 0.239 e. The Morgan fingerprint density at radius 2 is 2.12 bits per heavy atom. The van der Waals surface area contributed by atoms with Gasteiger partial charge in [-0.15, -0.1) is 0 Å². The van der Waals surface area contributed by atoms with Crippen LogP contribution < -0.4 is 11.5 Å². The van der Waals surface area contributed by atoms with E-state index >= 15 is 0 Å². The van der Waals surface area contributed by atoms with Gasteiger partial charge in [-0.05, 0) is 18.8 Å². The van der Waals surface area contributed by atoms with Gasteiger partial charge in [0.2, 0.25) is 11.8 Å². The number of hydrogen-bond donors (Lipinski definition) is 2. The number of primary amides is 1. The molecule has 1 heterocycles. The minimum absolute atomic E-state index is 0.0506. The van der Waals surface area contributed by atoms with Gasteiger partial charge in [0.05, 0.1) is 12.0 Å². The van der Waals surface area contributed by atoms with E-state index in [1.807, 2.05) is 13.8 Å². The van der Waals surface area contributed by atoms with Gasteiger partial charge in [0.25, 0.3) is 0 Å². The quantitative estimate of drug-likeness (QED) is 0.730. The highest BCUT2D eigenvalue weighted by Gasteiger charge is 2.30. The van der Waals surface area contributed by atoms with Crippen molar-refractivity contribution in [2.75, 3.05) is 13.1 Å². The molecule has 0 spiro atoms. The summed E-state index contributed by atoms with van der Waals surface area (Å²) in [6, 6.07) is -0.466. The second-order valence-electron chi connectivity index (χ2n) is 4.94. The topological polar surface area (TPSA) is 89.4 Å². The van der Waals surface area contributed by atoms with E-state index < -0.39 is 6.04 Å². The zero-order valence-corrected chi connectivity index (χ0v) is 10.7. The standard InChI is InChI=1S/C12H23N3O2/c1-3-8(2)10(13)12(17)15-6-4-5-9(7-15)11(14)16/h8-10H,3-7,13H2,1-2H3,(H2,14,16). The Hall–Kier alpha value is -1.10. The van der Waals surface area contributed by atoms with E-state index in [0.717, 1.165) is 19.3 Å². The van der Waals surface area contributed by atoms with Crippen LogP contribution >= 0.6 is 0 Å². The molecule has 0 bridgehead atoms. The van der Waals surface area contributed by atoms with Crippen LogP contribution in [0.4, 0.5) is 0 Å². The molecular formula is C12H23N3O2. The highest BCUT2D eigenvalue weighted by Crippen LogP contribution is 2.18. The third-order valence-corrected chi connectivity index (χ3v) is 3.68. The number of piperidine rings is 1. The Balaban J connectivity index is 2.60. The van der Waals surface area contributed by atoms with E-state index in [4.69, 9.17) is 11.5 Å². The molecular weight excluding hydrogens is 218 g/mol. The number of nitrogens with zero attached hydrogens (tertiary/aromatic N) is 1. The Bertz CT molecular complexity index is 293. The molecule has 98 valence electrons. The molecule has 1 rings (SSSR count). The average Bonchev–Trinajstić information content (AvgIpc) is 2.36. The molecule has 0 aromatic rings. The predicted molar refractivity (Wildman–Crippen MR) is 65.9 cm³/mol. The fourth-order valence-corrected chi connectivity index (χ4v) is 2.12. The molecule has 5 heteroatoms. The first-order valence-electron chi connectivity index (χ1n) is 6.31. The Kier molecular flexibility index (Phi) is 4.93. The molecule has 2 amide bonds. The molecule has 0 aliphatic carbocycles. The van der Waals surface area contributed by atoms with Gasteiger partial charge in [0, 0.05) is 13.1 Å². The van der Waals surface area contributed by atoms with E-state index in [0.29, 0.717) is 13.1 Å². The van der Waals surface area contributed by atoms with Crippen LogP contribution in [-0.4, -0.2) is 35.8 Å². The highest BCUT2D eigenvalue weighted by atomic mass is 16.2. The number of nitrogens with two attached hydrogens (primary N) is 2. The van der Waals surface area contributed by atoms with Crippen LogP contribution in [0.15, 0.2) is 0 Å². The lowest BCUT2D eigenvalue weighted by molar-refractivity contribution is -0.137. The van der Waals surface area contributed by atoms with Gasteiger partial charge < -0.3 is 16.4 Å². The molecule has 0 saturated carbocycles. The lowest BCUT2D eigenvalue weighted by atomic mass is 9.94. The van der Waals surface area contributed by atoms with Crippen molar-refractivity contribution in [3.8, 4) is 0 Å². The van der Waals surface area contributed by atoms with Crippen molar-refractivity contribution in [1.29, 1.82) is 0 Å². The summed E-state index contributed by atoms with van der Waals surface area (Å²) in [6.07, 6.45) is 2.48. The van der Waals surface area contributed by atoms with Gasteiger partial charge >= 0.3 is 0 Å². The molecule has 0 aromatic heterocycles. The van der Waals surface area contributed by atoms with Crippen molar-refractivity contribution in [3.63, 3.8) is 0 Å². The van der Waals surface area contributed by atoms with Gasteiger partial charge in [0.1, 0.15) is 0 Å². The number of hydrogen-bond acceptors (Lipinski definition) is 3. The number of carbonyl (C=O) groups is 2. The minimum atomic E-state index is -0.466. The van der Waals surface area contributed by atoms with Crippen molar-refractivity contribution in [2.45, 2.75) is 39.2 Å². The van der Waals surface area contributed by atoms with Crippen LogP contribution in [0, 0.1) is 11.8 Å². The largest absolute Gasteiger partial charge is 0.369 e. The number of amides is 2. The normalized spacial score (nSPS) is 24.2. The Labute approximate surface area is 103 Å². The van der Waals surface area contributed by atoms with Crippen molar-refractivity contribution in [1.82, 2.24) is 4.90 Å². The Morgan fingerprint density at radius 1 is 1.47 bits per heavy atom. The molecule has 0 aromatic carbocycles. The second-order valence-corrected chi connectivity index (χ2v) is 4.94. The van der Waals surface area contributed by atoms with E-state index in [1.165, 1.54) is 0 Å². The molecule has 1 fully saturated rings. The number of likely N-dealkylation sites (tertiary alicyclic amines) is 1. The van der Waals surface area contributed by atoms with Crippen LogP contribution in [0.3, 0.4) is 0 Å². The third-order valence-electron chi connectivity index (χ3n) is 3.68. The fraction of sp³-hybridized carbons (Fsp3) is 0.833. The molecule has 1 aliphatic heterocycles. The highest BCUT2D eigenvalue weighted by molar-refractivity contribution is 5.83. The van der Waals surface area contributed by atoms with Gasteiger partial charge in [0.15, 0.2) is 0 Å². The summed E-state index contributed by atoms with van der Waals surface area (Å²) >= 11 is 0. The fourth-order valence-electron chi connectivity index (χ4n) is 2.12. The summed E-state index contributed by atoms with van der Waals surface area (Å²) in [7, 11) is 0. The van der Waals surface area contributed by atoms with Crippen LogP contribution in [0.1, 0.15) is 33.1 Å². The summed E-state index contributed by atoms with van der Waals surface area (Å²) in [4.78, 5) is 24.9. The van der Waals surface area contributed by atoms with Crippen LogP contribution in [-0.2, 0) is 9.59 Å². The van der Waals surface area contributed by atoms with Crippen molar-refractivity contribution >= 4 is 11.8 Å². The maximum absolute atomic E-state index is 12.1. The first-order chi connectivity index (χ1) is 7.97. The number of carbonyl (C=O) groups excluding carboxylic acids is 2. The summed E-state index contributed by atoms with van der Waals surface area (Å²) < 4.78 is 0. The lowest BCUT2D eigenvalue weighted by Gasteiger charge is -2.34. The average molecular weight is 241 g/mol. The van der Waals surface area contributed by atoms with Crippen LogP contribution in [0.2, 0.25) is 0 Å². The molecule has 3 unspecified atom stereocenters. The molecule has 1 aliphatic rings. The minimum Gasteiger partial charge on any atom is -0.369 e. The van der Waals surface area contributed by atoms with Crippen molar-refractivity contribution in [3.05, 3.63) is 0 Å². The van der Waals surface area contributed by atoms with E-state index in [1.54, 1.807) is 4.90 Å². The van der Waals surface area contributed by atoms with Crippen LogP contribution in [0.25, 0.3) is 0 Å². The zero-order chi connectivity index (χ0) is 13.0. The van der Waals surface area contributed by atoms with E-state index in [2.05, 4.69) is 0 Å². The predicted octanol–water partition coefficient (Wildman–Crippen LogP) is 0.0837. The van der Waals surface area contributed by atoms with Gasteiger partial charge in [-0.25, -0.2) is 0 Å². The van der Waals surface area contributed by atoms with Gasteiger partial charge in [-0.2, -0.15) is 0 Å². The Morgan fingerprint density at radius 3 is 2.65 bits per heavy atom. The van der Waals surface area contributed by atoms with Crippen molar-refractivity contribution in [2.24, 2.45) is 23.3 Å². The summed E-state index contributed by atoms with van der Waals surface area (Å²) in [5, 5.41) is 0. The summed E-state index contributed by atoms with van der Waals surface area (Å²) in [6.45, 7) is 5.10. The number of rotatable bonds is 4. The summed E-state index contributed by atoms with van der Waals surface area (Å²) in [5.41, 5.74) is 11.2. The summed E-state index contributed by atoms with van der Waals surface area (Å²) in [5.74, 6) is -0.418. The van der Waals surface area contributed by atoms with Crippen molar-refractivity contribution < 1.29 is 9.59 Å². The van der Waals surface area contributed by atoms with E-state index in [-0.39, 0.29) is 23.7 Å². The second kappa shape index (κ2) is 6.00. The monoisotopic (exact) mass is 241 g/mol. The molecule has 0 radical (unpaired) electrons. The first kappa shape index (κ1) is 14.0. The molecule has 17 heavy (non-hydrogen) atoms. The van der Waals surface area contributed by atoms with Gasteiger partial charge in [-0.1, -0.05) is 20.3 Å². The van der Waals surface area contributed by atoms with E-state index in [9.17, 15) is 9.59 Å². The maximum atomic E-state index is 12.1. The van der Waals surface area contributed by atoms with Gasteiger partial charge in [-0.3, -0.25) is 9.59 Å². The molecule has 3 atom stereocenters. The molecule has 5 nitrogen and oxygen atoms in total.